The summed E-state index contributed by atoms with van der Waals surface area (Å²) < 4.78 is 21.6. The fourth-order valence-electron chi connectivity index (χ4n) is 4.39. The number of rotatable bonds is 9. The molecule has 2 heterocycles. The molecule has 0 aliphatic carbocycles. The zero-order valence-electron chi connectivity index (χ0n) is 21.1. The molecule has 11 heteroatoms. The maximum atomic E-state index is 14.2. The first kappa shape index (κ1) is 26.7. The van der Waals surface area contributed by atoms with Gasteiger partial charge in [-0.25, -0.2) is 4.39 Å². The van der Waals surface area contributed by atoms with Crippen LogP contribution in [0.1, 0.15) is 28.7 Å². The summed E-state index contributed by atoms with van der Waals surface area (Å²) in [4.78, 5) is 27.6. The van der Waals surface area contributed by atoms with Crippen molar-refractivity contribution in [1.82, 2.24) is 20.1 Å². The quantitative estimate of drug-likeness (QED) is 0.285. The molecule has 0 radical (unpaired) electrons. The highest BCUT2D eigenvalue weighted by Crippen LogP contribution is 2.30. The molecule has 4 aromatic rings. The third kappa shape index (κ3) is 5.76. The van der Waals surface area contributed by atoms with E-state index in [2.05, 4.69) is 15.5 Å². The van der Waals surface area contributed by atoms with Crippen LogP contribution in [0, 0.1) is 5.82 Å². The van der Waals surface area contributed by atoms with Crippen LogP contribution in [0.2, 0.25) is 5.02 Å². The minimum absolute atomic E-state index is 0.0127. The number of hydrogen-bond donors (Lipinski definition) is 1. The number of nitrogens with zero attached hydrogens (tertiary/aromatic N) is 4. The van der Waals surface area contributed by atoms with Crippen molar-refractivity contribution in [3.05, 3.63) is 94.5 Å². The molecule has 1 N–H and O–H groups in total. The van der Waals surface area contributed by atoms with E-state index in [0.29, 0.717) is 29.9 Å². The SMILES string of the molecule is CCOc1ccc(-n2c(CNC(=O)c3c(F)cccc3Cl)nnc2SCC(=O)N2CCc3ccccc32)cc1. The maximum absolute atomic E-state index is 14.2. The van der Waals surface area contributed by atoms with Crippen molar-refractivity contribution in [1.29, 1.82) is 0 Å². The molecule has 0 atom stereocenters. The van der Waals surface area contributed by atoms with Crippen LogP contribution in [0.3, 0.4) is 0 Å². The number of nitrogens with one attached hydrogen (secondary N) is 1. The lowest BCUT2D eigenvalue weighted by atomic mass is 10.2. The van der Waals surface area contributed by atoms with Crippen LogP contribution in [0.15, 0.2) is 71.9 Å². The lowest BCUT2D eigenvalue weighted by Crippen LogP contribution is -2.30. The van der Waals surface area contributed by atoms with Crippen LogP contribution in [0.25, 0.3) is 5.69 Å². The predicted octanol–water partition coefficient (Wildman–Crippen LogP) is 5.07. The van der Waals surface area contributed by atoms with Crippen LogP contribution >= 0.6 is 23.4 Å². The fourth-order valence-corrected chi connectivity index (χ4v) is 5.49. The zero-order valence-corrected chi connectivity index (χ0v) is 22.6. The number of carbonyl (C=O) groups is 2. The zero-order chi connectivity index (χ0) is 27.4. The highest BCUT2D eigenvalue weighted by atomic mass is 35.5. The standard InChI is InChI=1S/C28H25ClFN5O3S/c1-2-38-20-12-10-19(11-13-20)35-24(16-31-27(37)26-21(29)7-5-8-22(26)30)32-33-28(35)39-17-25(36)34-15-14-18-6-3-4-9-23(18)34/h3-13H,2,14-17H2,1H3,(H,31,37). The summed E-state index contributed by atoms with van der Waals surface area (Å²) >= 11 is 7.30. The number of anilines is 1. The van der Waals surface area contributed by atoms with Crippen molar-refractivity contribution in [2.24, 2.45) is 0 Å². The van der Waals surface area contributed by atoms with Gasteiger partial charge in [-0.15, -0.1) is 10.2 Å². The lowest BCUT2D eigenvalue weighted by molar-refractivity contribution is -0.116. The number of halogens is 2. The highest BCUT2D eigenvalue weighted by Gasteiger charge is 2.25. The van der Waals surface area contributed by atoms with Crippen LogP contribution < -0.4 is 15.0 Å². The second-order valence-corrected chi connectivity index (χ2v) is 10.0. The van der Waals surface area contributed by atoms with E-state index < -0.39 is 11.7 Å². The van der Waals surface area contributed by atoms with E-state index in [9.17, 15) is 14.0 Å². The Bertz CT molecular complexity index is 1490. The Labute approximate surface area is 234 Å². The van der Waals surface area contributed by atoms with Crippen LogP contribution in [0.5, 0.6) is 5.75 Å². The van der Waals surface area contributed by atoms with E-state index in [4.69, 9.17) is 16.3 Å². The molecule has 0 saturated carbocycles. The Morgan fingerprint density at radius 1 is 1.08 bits per heavy atom. The van der Waals surface area contributed by atoms with Crippen LogP contribution in [-0.4, -0.2) is 45.5 Å². The van der Waals surface area contributed by atoms with Gasteiger partial charge in [0.15, 0.2) is 11.0 Å². The summed E-state index contributed by atoms with van der Waals surface area (Å²) in [5, 5.41) is 11.7. The van der Waals surface area contributed by atoms with E-state index in [1.807, 2.05) is 55.5 Å². The van der Waals surface area contributed by atoms with Gasteiger partial charge in [0.2, 0.25) is 5.91 Å². The maximum Gasteiger partial charge on any atom is 0.256 e. The predicted molar refractivity (Wildman–Crippen MR) is 148 cm³/mol. The van der Waals surface area contributed by atoms with E-state index in [1.54, 1.807) is 9.47 Å². The molecular weight excluding hydrogens is 541 g/mol. The summed E-state index contributed by atoms with van der Waals surface area (Å²) in [6.45, 7) is 3.03. The van der Waals surface area contributed by atoms with Crippen LogP contribution in [-0.2, 0) is 17.8 Å². The molecule has 0 fully saturated rings. The van der Waals surface area contributed by atoms with E-state index >= 15 is 0 Å². The summed E-state index contributed by atoms with van der Waals surface area (Å²) in [5.74, 6) is -0.157. The third-order valence-electron chi connectivity index (χ3n) is 6.22. The minimum atomic E-state index is -0.716. The van der Waals surface area contributed by atoms with E-state index in [0.717, 1.165) is 23.4 Å². The number of ether oxygens (including phenoxy) is 1. The van der Waals surface area contributed by atoms with Crippen molar-refractivity contribution in [3.8, 4) is 11.4 Å². The summed E-state index contributed by atoms with van der Waals surface area (Å²) in [5.41, 5.74) is 2.57. The average Bonchev–Trinajstić information content (AvgIpc) is 3.55. The molecule has 0 unspecified atom stereocenters. The third-order valence-corrected chi connectivity index (χ3v) is 7.44. The number of benzene rings is 3. The first-order chi connectivity index (χ1) is 19.0. The smallest absolute Gasteiger partial charge is 0.256 e. The number of thioether (sulfide) groups is 1. The Morgan fingerprint density at radius 3 is 2.64 bits per heavy atom. The number of carbonyl (C=O) groups excluding carboxylic acids is 2. The molecule has 200 valence electrons. The number of fused-ring (bicyclic) bond motifs is 1. The number of para-hydroxylation sites is 1. The number of amides is 2. The largest absolute Gasteiger partial charge is 0.494 e. The summed E-state index contributed by atoms with van der Waals surface area (Å²) in [7, 11) is 0. The van der Waals surface area contributed by atoms with E-state index in [-0.39, 0.29) is 28.8 Å². The molecule has 5 rings (SSSR count). The van der Waals surface area contributed by atoms with Crippen molar-refractivity contribution in [2.75, 3.05) is 23.8 Å². The van der Waals surface area contributed by atoms with Gasteiger partial charge in [0.25, 0.3) is 5.91 Å². The molecule has 1 aromatic heterocycles. The molecule has 3 aromatic carbocycles. The van der Waals surface area contributed by atoms with E-state index in [1.165, 1.54) is 30.0 Å². The molecule has 0 spiro atoms. The van der Waals surface area contributed by atoms with Gasteiger partial charge in [0.1, 0.15) is 11.6 Å². The molecule has 1 aliphatic heterocycles. The Kier molecular flexibility index (Phi) is 8.13. The molecule has 1 aliphatic rings. The topological polar surface area (TPSA) is 89.3 Å². The molecule has 2 amide bonds. The fraction of sp³-hybridized carbons (Fsp3) is 0.214. The Morgan fingerprint density at radius 2 is 1.87 bits per heavy atom. The minimum Gasteiger partial charge on any atom is -0.494 e. The normalized spacial score (nSPS) is 12.3. The van der Waals surface area contributed by atoms with Crippen molar-refractivity contribution < 1.29 is 18.7 Å². The monoisotopic (exact) mass is 565 g/mol. The Hall–Kier alpha value is -3.89. The second-order valence-electron chi connectivity index (χ2n) is 8.65. The molecule has 0 saturated heterocycles. The highest BCUT2D eigenvalue weighted by molar-refractivity contribution is 7.99. The van der Waals surface area contributed by atoms with Crippen molar-refractivity contribution in [3.63, 3.8) is 0 Å². The molecular formula is C28H25ClFN5O3S. The molecule has 39 heavy (non-hydrogen) atoms. The lowest BCUT2D eigenvalue weighted by Gasteiger charge is -2.17. The number of hydrogen-bond acceptors (Lipinski definition) is 6. The van der Waals surface area contributed by atoms with Gasteiger partial charge >= 0.3 is 0 Å². The van der Waals surface area contributed by atoms with Gasteiger partial charge in [-0.1, -0.05) is 47.6 Å². The second kappa shape index (κ2) is 11.9. The number of aromatic nitrogens is 3. The first-order valence-corrected chi connectivity index (χ1v) is 13.7. The van der Waals surface area contributed by atoms with Gasteiger partial charge in [0, 0.05) is 17.9 Å². The Balaban J connectivity index is 1.37. The van der Waals surface area contributed by atoms with Crippen LogP contribution in [0.4, 0.5) is 10.1 Å². The van der Waals surface area contributed by atoms with Crippen molar-refractivity contribution in [2.45, 2.75) is 25.0 Å². The first-order valence-electron chi connectivity index (χ1n) is 12.4. The van der Waals surface area contributed by atoms with Gasteiger partial charge in [-0.2, -0.15) is 0 Å². The van der Waals surface area contributed by atoms with Gasteiger partial charge in [-0.3, -0.25) is 14.2 Å². The van der Waals surface area contributed by atoms with Gasteiger partial charge in [0.05, 0.1) is 29.5 Å². The molecule has 8 nitrogen and oxygen atoms in total. The van der Waals surface area contributed by atoms with Crippen molar-refractivity contribution >= 4 is 40.9 Å². The van der Waals surface area contributed by atoms with Gasteiger partial charge in [-0.05, 0) is 61.4 Å². The summed E-state index contributed by atoms with van der Waals surface area (Å²) in [6, 6.07) is 19.3. The summed E-state index contributed by atoms with van der Waals surface area (Å²) in [6.07, 6.45) is 0.824. The van der Waals surface area contributed by atoms with Gasteiger partial charge < -0.3 is 15.0 Å². The molecule has 0 bridgehead atoms. The average molecular weight is 566 g/mol.